The van der Waals surface area contributed by atoms with Gasteiger partial charge in [-0.05, 0) is 30.3 Å². The molecule has 0 unspecified atom stereocenters. The number of hydrogen-bond acceptors (Lipinski definition) is 7. The largest absolute Gasteiger partial charge is 0.456 e. The predicted octanol–water partition coefficient (Wildman–Crippen LogP) is 9.96. The SMILES string of the molecule is c1ccc(-c2nc(-c3ccccc3)nc(-c3ccc4c(c3)oc3ccc(-c5nc(-c6ccccc6)nc(-c6ccccc6)n5)cc34)n2)cc1. The molecule has 0 radical (unpaired) electrons. The third kappa shape index (κ3) is 5.49. The van der Waals surface area contributed by atoms with Gasteiger partial charge in [-0.2, -0.15) is 0 Å². The number of furan rings is 1. The summed E-state index contributed by atoms with van der Waals surface area (Å²) in [6.07, 6.45) is 0. The van der Waals surface area contributed by atoms with E-state index in [0.717, 1.165) is 55.3 Å². The molecule has 3 aromatic heterocycles. The minimum Gasteiger partial charge on any atom is -0.456 e. The summed E-state index contributed by atoms with van der Waals surface area (Å²) in [5, 5.41) is 1.94. The van der Waals surface area contributed by atoms with Crippen molar-refractivity contribution in [2.45, 2.75) is 0 Å². The summed E-state index contributed by atoms with van der Waals surface area (Å²) in [6, 6.07) is 52.0. The second-order valence-corrected chi connectivity index (χ2v) is 11.6. The Morgan fingerprint density at radius 1 is 0.265 bits per heavy atom. The molecular formula is C42H26N6O. The highest BCUT2D eigenvalue weighted by Crippen LogP contribution is 2.35. The van der Waals surface area contributed by atoms with Crippen molar-refractivity contribution >= 4 is 21.9 Å². The van der Waals surface area contributed by atoms with Gasteiger partial charge < -0.3 is 4.42 Å². The molecule has 0 spiro atoms. The molecule has 7 heteroatoms. The van der Waals surface area contributed by atoms with Gasteiger partial charge in [0.1, 0.15) is 11.2 Å². The van der Waals surface area contributed by atoms with Gasteiger partial charge in [-0.15, -0.1) is 0 Å². The fourth-order valence-corrected chi connectivity index (χ4v) is 5.93. The van der Waals surface area contributed by atoms with Crippen LogP contribution in [0.2, 0.25) is 0 Å². The number of aromatic nitrogens is 6. The Kier molecular flexibility index (Phi) is 6.98. The highest BCUT2D eigenvalue weighted by molar-refractivity contribution is 6.07. The summed E-state index contributed by atoms with van der Waals surface area (Å²) in [4.78, 5) is 29.3. The molecule has 0 aliphatic heterocycles. The summed E-state index contributed by atoms with van der Waals surface area (Å²) >= 11 is 0. The van der Waals surface area contributed by atoms with E-state index >= 15 is 0 Å². The maximum absolute atomic E-state index is 6.40. The van der Waals surface area contributed by atoms with Crippen LogP contribution in [0, 0.1) is 0 Å². The molecule has 7 nitrogen and oxygen atoms in total. The van der Waals surface area contributed by atoms with Crippen LogP contribution in [0.25, 0.3) is 90.3 Å². The number of rotatable bonds is 6. The van der Waals surface area contributed by atoms with Gasteiger partial charge in [0, 0.05) is 44.2 Å². The zero-order valence-electron chi connectivity index (χ0n) is 26.1. The summed E-state index contributed by atoms with van der Waals surface area (Å²) < 4.78 is 6.40. The zero-order chi connectivity index (χ0) is 32.6. The summed E-state index contributed by atoms with van der Waals surface area (Å²) in [6.45, 7) is 0. The fraction of sp³-hybridized carbons (Fsp3) is 0. The first-order chi connectivity index (χ1) is 24.2. The molecule has 0 saturated heterocycles. The lowest BCUT2D eigenvalue weighted by molar-refractivity contribution is 0.669. The van der Waals surface area contributed by atoms with Crippen LogP contribution in [-0.2, 0) is 0 Å². The molecule has 0 aliphatic carbocycles. The average Bonchev–Trinajstić information content (AvgIpc) is 3.56. The van der Waals surface area contributed by atoms with Gasteiger partial charge in [-0.3, -0.25) is 0 Å². The third-order valence-corrected chi connectivity index (χ3v) is 8.39. The van der Waals surface area contributed by atoms with Gasteiger partial charge in [0.25, 0.3) is 0 Å². The van der Waals surface area contributed by atoms with Crippen LogP contribution in [0.15, 0.2) is 162 Å². The number of fused-ring (bicyclic) bond motifs is 3. The number of benzene rings is 6. The van der Waals surface area contributed by atoms with Crippen molar-refractivity contribution in [3.63, 3.8) is 0 Å². The van der Waals surface area contributed by atoms with Crippen molar-refractivity contribution in [2.75, 3.05) is 0 Å². The Morgan fingerprint density at radius 2 is 0.612 bits per heavy atom. The minimum atomic E-state index is 0.572. The molecule has 230 valence electrons. The highest BCUT2D eigenvalue weighted by Gasteiger charge is 2.17. The van der Waals surface area contributed by atoms with Crippen molar-refractivity contribution in [3.8, 4) is 68.3 Å². The van der Waals surface area contributed by atoms with Gasteiger partial charge in [-0.25, -0.2) is 29.9 Å². The predicted molar refractivity (Wildman–Crippen MR) is 193 cm³/mol. The molecule has 0 atom stereocenters. The van der Waals surface area contributed by atoms with E-state index in [1.165, 1.54) is 0 Å². The smallest absolute Gasteiger partial charge is 0.164 e. The Bertz CT molecular complexity index is 2470. The number of nitrogens with zero attached hydrogens (tertiary/aromatic N) is 6. The lowest BCUT2D eigenvalue weighted by atomic mass is 10.1. The Balaban J connectivity index is 1.15. The first-order valence-corrected chi connectivity index (χ1v) is 16.0. The van der Waals surface area contributed by atoms with Gasteiger partial charge in [-0.1, -0.05) is 127 Å². The van der Waals surface area contributed by atoms with E-state index in [4.69, 9.17) is 34.3 Å². The van der Waals surface area contributed by atoms with Crippen LogP contribution in [0.4, 0.5) is 0 Å². The molecule has 0 aliphatic rings. The normalized spacial score (nSPS) is 11.3. The standard InChI is InChI=1S/C42H26N6O/c1-5-13-27(14-6-1)37-43-38(28-15-7-2-8-16-28)46-41(45-37)31-22-24-35-34(25-31)33-23-21-32(26-36(33)49-35)42-47-39(29-17-9-3-10-18-29)44-40(48-42)30-19-11-4-12-20-30/h1-26H. The van der Waals surface area contributed by atoms with Crippen molar-refractivity contribution in [1.29, 1.82) is 0 Å². The van der Waals surface area contributed by atoms with E-state index in [2.05, 4.69) is 12.1 Å². The second-order valence-electron chi connectivity index (χ2n) is 11.6. The first kappa shape index (κ1) is 28.4. The molecule has 0 saturated carbocycles. The van der Waals surface area contributed by atoms with Gasteiger partial charge in [0.05, 0.1) is 0 Å². The molecule has 6 aromatic carbocycles. The summed E-state index contributed by atoms with van der Waals surface area (Å²) in [5.41, 5.74) is 6.90. The Hall–Kier alpha value is -6.86. The van der Waals surface area contributed by atoms with Crippen LogP contribution in [-0.4, -0.2) is 29.9 Å². The van der Waals surface area contributed by atoms with E-state index in [1.54, 1.807) is 0 Å². The quantitative estimate of drug-likeness (QED) is 0.181. The van der Waals surface area contributed by atoms with Crippen molar-refractivity contribution in [1.82, 2.24) is 29.9 Å². The molecule has 0 amide bonds. The maximum Gasteiger partial charge on any atom is 0.164 e. The van der Waals surface area contributed by atoms with Crippen LogP contribution in [0.5, 0.6) is 0 Å². The summed E-state index contributed by atoms with van der Waals surface area (Å²) in [5.74, 6) is 3.62. The summed E-state index contributed by atoms with van der Waals surface area (Å²) in [7, 11) is 0. The molecular weight excluding hydrogens is 605 g/mol. The monoisotopic (exact) mass is 630 g/mol. The van der Waals surface area contributed by atoms with Crippen molar-refractivity contribution < 1.29 is 4.42 Å². The molecule has 9 rings (SSSR count). The van der Waals surface area contributed by atoms with E-state index in [0.29, 0.717) is 34.9 Å². The first-order valence-electron chi connectivity index (χ1n) is 16.0. The number of hydrogen-bond donors (Lipinski definition) is 0. The zero-order valence-corrected chi connectivity index (χ0v) is 26.1. The molecule has 49 heavy (non-hydrogen) atoms. The molecule has 0 N–H and O–H groups in total. The second kappa shape index (κ2) is 12.1. The highest BCUT2D eigenvalue weighted by atomic mass is 16.3. The minimum absolute atomic E-state index is 0.572. The third-order valence-electron chi connectivity index (χ3n) is 8.39. The van der Waals surface area contributed by atoms with Crippen molar-refractivity contribution in [2.24, 2.45) is 0 Å². The van der Waals surface area contributed by atoms with E-state index < -0.39 is 0 Å². The maximum atomic E-state index is 6.40. The van der Waals surface area contributed by atoms with Gasteiger partial charge in [0.2, 0.25) is 0 Å². The van der Waals surface area contributed by atoms with Gasteiger partial charge in [0.15, 0.2) is 34.9 Å². The Morgan fingerprint density at radius 3 is 1.02 bits per heavy atom. The van der Waals surface area contributed by atoms with E-state index in [1.807, 2.05) is 146 Å². The van der Waals surface area contributed by atoms with E-state index in [-0.39, 0.29) is 0 Å². The average molecular weight is 631 g/mol. The molecule has 0 bridgehead atoms. The lowest BCUT2D eigenvalue weighted by Gasteiger charge is -2.08. The van der Waals surface area contributed by atoms with Gasteiger partial charge >= 0.3 is 0 Å². The molecule has 9 aromatic rings. The Labute approximate surface area is 281 Å². The topological polar surface area (TPSA) is 90.5 Å². The fourth-order valence-electron chi connectivity index (χ4n) is 5.93. The van der Waals surface area contributed by atoms with Crippen molar-refractivity contribution in [3.05, 3.63) is 158 Å². The molecule has 0 fully saturated rings. The van der Waals surface area contributed by atoms with Crippen LogP contribution in [0.3, 0.4) is 0 Å². The van der Waals surface area contributed by atoms with Crippen LogP contribution in [0.1, 0.15) is 0 Å². The molecule has 3 heterocycles. The van der Waals surface area contributed by atoms with E-state index in [9.17, 15) is 0 Å². The van der Waals surface area contributed by atoms with Crippen LogP contribution < -0.4 is 0 Å². The lowest BCUT2D eigenvalue weighted by Crippen LogP contribution is -2.00. The van der Waals surface area contributed by atoms with Crippen LogP contribution >= 0.6 is 0 Å².